The molecule has 3 aromatic rings. The van der Waals surface area contributed by atoms with Gasteiger partial charge < -0.3 is 15.4 Å². The standard InChI is InChI=1S/C17H14FN3O3S/c1-9(22)19-17-21-15-13(24-2)7-12(8-14(15)25-17)20-16(23)10-4-3-5-11(18)6-10/h3-8H,1-2H3,(H,20,23)(H,19,21,22). The van der Waals surface area contributed by atoms with Gasteiger partial charge in [-0.1, -0.05) is 17.4 Å². The summed E-state index contributed by atoms with van der Waals surface area (Å²) in [6.07, 6.45) is 0. The number of hydrogen-bond acceptors (Lipinski definition) is 5. The van der Waals surface area contributed by atoms with Crippen molar-refractivity contribution in [1.29, 1.82) is 0 Å². The van der Waals surface area contributed by atoms with Crippen LogP contribution in [0.2, 0.25) is 0 Å². The van der Waals surface area contributed by atoms with E-state index in [2.05, 4.69) is 15.6 Å². The highest BCUT2D eigenvalue weighted by atomic mass is 32.1. The Bertz CT molecular complexity index is 971. The molecule has 0 radical (unpaired) electrons. The number of rotatable bonds is 4. The number of hydrogen-bond donors (Lipinski definition) is 2. The minimum absolute atomic E-state index is 0.210. The van der Waals surface area contributed by atoms with Crippen molar-refractivity contribution in [2.24, 2.45) is 0 Å². The van der Waals surface area contributed by atoms with Crippen LogP contribution in [0.1, 0.15) is 17.3 Å². The van der Waals surface area contributed by atoms with Crippen molar-refractivity contribution in [2.45, 2.75) is 6.92 Å². The average molecular weight is 359 g/mol. The van der Waals surface area contributed by atoms with Gasteiger partial charge in [-0.3, -0.25) is 9.59 Å². The smallest absolute Gasteiger partial charge is 0.255 e. The van der Waals surface area contributed by atoms with Gasteiger partial charge in [0.15, 0.2) is 5.13 Å². The number of methoxy groups -OCH3 is 1. The van der Waals surface area contributed by atoms with Crippen molar-refractivity contribution in [2.75, 3.05) is 17.7 Å². The predicted molar refractivity (Wildman–Crippen MR) is 94.8 cm³/mol. The summed E-state index contributed by atoms with van der Waals surface area (Å²) >= 11 is 1.26. The van der Waals surface area contributed by atoms with Crippen molar-refractivity contribution < 1.29 is 18.7 Å². The molecule has 0 saturated heterocycles. The summed E-state index contributed by atoms with van der Waals surface area (Å²) in [5.41, 5.74) is 1.28. The topological polar surface area (TPSA) is 80.3 Å². The summed E-state index contributed by atoms with van der Waals surface area (Å²) in [6, 6.07) is 8.76. The normalized spacial score (nSPS) is 10.5. The van der Waals surface area contributed by atoms with E-state index in [0.717, 1.165) is 10.8 Å². The quantitative estimate of drug-likeness (QED) is 0.745. The Labute approximate surface area is 146 Å². The van der Waals surface area contributed by atoms with E-state index in [0.29, 0.717) is 22.1 Å². The Morgan fingerprint density at radius 3 is 2.68 bits per heavy atom. The van der Waals surface area contributed by atoms with Crippen LogP contribution in [0.5, 0.6) is 5.75 Å². The average Bonchev–Trinajstić information content (AvgIpc) is 2.95. The lowest BCUT2D eigenvalue weighted by Crippen LogP contribution is -2.12. The number of nitrogens with one attached hydrogen (secondary N) is 2. The number of carbonyl (C=O) groups excluding carboxylic acids is 2. The summed E-state index contributed by atoms with van der Waals surface area (Å²) in [5.74, 6) is -0.687. The van der Waals surface area contributed by atoms with Crippen molar-refractivity contribution >= 4 is 44.2 Å². The first-order valence-corrected chi connectivity index (χ1v) is 8.11. The molecule has 6 nitrogen and oxygen atoms in total. The number of ether oxygens (including phenoxy) is 1. The number of fused-ring (bicyclic) bond motifs is 1. The van der Waals surface area contributed by atoms with E-state index in [1.54, 1.807) is 12.1 Å². The van der Waals surface area contributed by atoms with Gasteiger partial charge in [-0.25, -0.2) is 9.37 Å². The first kappa shape index (κ1) is 16.8. The van der Waals surface area contributed by atoms with E-state index >= 15 is 0 Å². The van der Waals surface area contributed by atoms with E-state index in [1.165, 1.54) is 43.6 Å². The largest absolute Gasteiger partial charge is 0.494 e. The van der Waals surface area contributed by atoms with Crippen LogP contribution in [0.25, 0.3) is 10.2 Å². The molecule has 128 valence electrons. The number of halogens is 1. The molecule has 0 aliphatic carbocycles. The zero-order valence-electron chi connectivity index (χ0n) is 13.4. The number of carbonyl (C=O) groups is 2. The molecule has 0 aliphatic heterocycles. The molecule has 8 heteroatoms. The summed E-state index contributed by atoms with van der Waals surface area (Å²) in [4.78, 5) is 27.8. The van der Waals surface area contributed by atoms with Gasteiger partial charge in [0.05, 0.1) is 11.8 Å². The highest BCUT2D eigenvalue weighted by Gasteiger charge is 2.14. The molecule has 25 heavy (non-hydrogen) atoms. The van der Waals surface area contributed by atoms with Gasteiger partial charge in [0.2, 0.25) is 5.91 Å². The van der Waals surface area contributed by atoms with Gasteiger partial charge in [0.25, 0.3) is 5.91 Å². The third kappa shape index (κ3) is 3.74. The number of nitrogens with zero attached hydrogens (tertiary/aromatic N) is 1. The Morgan fingerprint density at radius 2 is 2.00 bits per heavy atom. The molecule has 2 N–H and O–H groups in total. The van der Waals surface area contributed by atoms with Gasteiger partial charge in [-0.05, 0) is 24.3 Å². The molecule has 2 aromatic carbocycles. The lowest BCUT2D eigenvalue weighted by atomic mass is 10.2. The van der Waals surface area contributed by atoms with Crippen LogP contribution >= 0.6 is 11.3 Å². The van der Waals surface area contributed by atoms with Gasteiger partial charge in [0, 0.05) is 24.2 Å². The van der Waals surface area contributed by atoms with Crippen LogP contribution in [0, 0.1) is 5.82 Å². The number of benzene rings is 2. The molecule has 0 aliphatic rings. The highest BCUT2D eigenvalue weighted by molar-refractivity contribution is 7.22. The second-order valence-corrected chi connectivity index (χ2v) is 6.22. The van der Waals surface area contributed by atoms with E-state index in [4.69, 9.17) is 4.74 Å². The van der Waals surface area contributed by atoms with E-state index in [-0.39, 0.29) is 11.5 Å². The van der Waals surface area contributed by atoms with E-state index < -0.39 is 11.7 Å². The van der Waals surface area contributed by atoms with Crippen LogP contribution in [0.4, 0.5) is 15.2 Å². The molecule has 0 saturated carbocycles. The molecule has 2 amide bonds. The number of aromatic nitrogens is 1. The maximum absolute atomic E-state index is 13.3. The maximum atomic E-state index is 13.3. The Balaban J connectivity index is 1.93. The maximum Gasteiger partial charge on any atom is 0.255 e. The Kier molecular flexibility index (Phi) is 4.62. The summed E-state index contributed by atoms with van der Waals surface area (Å²) in [6.45, 7) is 1.40. The number of amides is 2. The number of thiazole rings is 1. The predicted octanol–water partition coefficient (Wildman–Crippen LogP) is 3.65. The molecule has 3 rings (SSSR count). The zero-order valence-corrected chi connectivity index (χ0v) is 14.2. The summed E-state index contributed by atoms with van der Waals surface area (Å²) in [5, 5.41) is 5.77. The third-order valence-corrected chi connectivity index (χ3v) is 4.23. The minimum Gasteiger partial charge on any atom is -0.494 e. The van der Waals surface area contributed by atoms with Crippen LogP contribution in [-0.4, -0.2) is 23.9 Å². The molecule has 0 unspecified atom stereocenters. The monoisotopic (exact) mass is 359 g/mol. The van der Waals surface area contributed by atoms with Crippen LogP contribution in [0.15, 0.2) is 36.4 Å². The lowest BCUT2D eigenvalue weighted by molar-refractivity contribution is -0.114. The van der Waals surface area contributed by atoms with Gasteiger partial charge in [-0.15, -0.1) is 0 Å². The summed E-state index contributed by atoms with van der Waals surface area (Å²) in [7, 11) is 1.49. The first-order chi connectivity index (χ1) is 12.0. The molecule has 0 spiro atoms. The molecule has 1 aromatic heterocycles. The van der Waals surface area contributed by atoms with Crippen LogP contribution in [0.3, 0.4) is 0 Å². The van der Waals surface area contributed by atoms with Crippen molar-refractivity contribution in [1.82, 2.24) is 4.98 Å². The fraction of sp³-hybridized carbons (Fsp3) is 0.118. The third-order valence-electron chi connectivity index (χ3n) is 3.31. The zero-order chi connectivity index (χ0) is 18.0. The SMILES string of the molecule is COc1cc(NC(=O)c2cccc(F)c2)cc2sc(NC(C)=O)nc12. The van der Waals surface area contributed by atoms with E-state index in [1.807, 2.05) is 0 Å². The fourth-order valence-corrected chi connectivity index (χ4v) is 3.23. The van der Waals surface area contributed by atoms with Gasteiger partial charge >= 0.3 is 0 Å². The van der Waals surface area contributed by atoms with E-state index in [9.17, 15) is 14.0 Å². The molecular formula is C17H14FN3O3S. The van der Waals surface area contributed by atoms with Gasteiger partial charge in [0.1, 0.15) is 17.1 Å². The highest BCUT2D eigenvalue weighted by Crippen LogP contribution is 2.35. The fourth-order valence-electron chi connectivity index (χ4n) is 2.26. The molecule has 0 fully saturated rings. The van der Waals surface area contributed by atoms with Crippen molar-refractivity contribution in [3.63, 3.8) is 0 Å². The Hall–Kier alpha value is -3.00. The second-order valence-electron chi connectivity index (χ2n) is 5.19. The molecule has 0 bridgehead atoms. The van der Waals surface area contributed by atoms with Gasteiger partial charge in [-0.2, -0.15) is 0 Å². The second kappa shape index (κ2) is 6.86. The molecule has 1 heterocycles. The lowest BCUT2D eigenvalue weighted by Gasteiger charge is -2.08. The van der Waals surface area contributed by atoms with Crippen molar-refractivity contribution in [3.8, 4) is 5.75 Å². The minimum atomic E-state index is -0.483. The van der Waals surface area contributed by atoms with Crippen LogP contribution < -0.4 is 15.4 Å². The Morgan fingerprint density at radius 1 is 1.20 bits per heavy atom. The summed E-state index contributed by atoms with van der Waals surface area (Å²) < 4.78 is 19.3. The number of anilines is 2. The molecule has 0 atom stereocenters. The molecular weight excluding hydrogens is 345 g/mol. The van der Waals surface area contributed by atoms with Crippen LogP contribution in [-0.2, 0) is 4.79 Å². The first-order valence-electron chi connectivity index (χ1n) is 7.29. The van der Waals surface area contributed by atoms with Crippen molar-refractivity contribution in [3.05, 3.63) is 47.8 Å².